The summed E-state index contributed by atoms with van der Waals surface area (Å²) in [6.45, 7) is 2.20. The van der Waals surface area contributed by atoms with E-state index in [0.29, 0.717) is 23.8 Å². The number of hydrogen-bond donors (Lipinski definition) is 2. The maximum Gasteiger partial charge on any atom is 0.270 e. The minimum atomic E-state index is -0.253. The van der Waals surface area contributed by atoms with E-state index < -0.39 is 0 Å². The highest BCUT2D eigenvalue weighted by Gasteiger charge is 2.11. The van der Waals surface area contributed by atoms with E-state index in [9.17, 15) is 9.59 Å². The van der Waals surface area contributed by atoms with Crippen LogP contribution in [0.5, 0.6) is 0 Å². The van der Waals surface area contributed by atoms with E-state index in [0.717, 1.165) is 10.6 Å². The van der Waals surface area contributed by atoms with Gasteiger partial charge in [-0.15, -0.1) is 11.3 Å². The average molecular weight is 324 g/mol. The van der Waals surface area contributed by atoms with Crippen LogP contribution in [0.1, 0.15) is 17.4 Å². The van der Waals surface area contributed by atoms with Gasteiger partial charge in [0.05, 0.1) is 0 Å². The predicted octanol–water partition coefficient (Wildman–Crippen LogP) is 2.33. The lowest BCUT2D eigenvalue weighted by Gasteiger charge is -2.03. The predicted molar refractivity (Wildman–Crippen MR) is 83.6 cm³/mol. The summed E-state index contributed by atoms with van der Waals surface area (Å²) >= 11 is 7.23. The summed E-state index contributed by atoms with van der Waals surface area (Å²) < 4.78 is 0. The van der Waals surface area contributed by atoms with Crippen molar-refractivity contribution in [2.24, 2.45) is 0 Å². The van der Waals surface area contributed by atoms with Crippen LogP contribution in [0.2, 0.25) is 5.02 Å². The molecule has 21 heavy (non-hydrogen) atoms. The van der Waals surface area contributed by atoms with Gasteiger partial charge in [0.1, 0.15) is 10.7 Å². The Labute approximate surface area is 131 Å². The van der Waals surface area contributed by atoms with Crippen molar-refractivity contribution >= 4 is 34.8 Å². The minimum Gasteiger partial charge on any atom is -0.355 e. The second kappa shape index (κ2) is 7.19. The van der Waals surface area contributed by atoms with Crippen molar-refractivity contribution in [1.82, 2.24) is 15.6 Å². The van der Waals surface area contributed by atoms with Crippen LogP contribution in [0.3, 0.4) is 0 Å². The fourth-order valence-corrected chi connectivity index (χ4v) is 2.54. The molecule has 2 amide bonds. The molecule has 1 heterocycles. The molecule has 0 saturated heterocycles. The molecule has 0 spiro atoms. The Hall–Kier alpha value is -1.92. The molecule has 5 nitrogen and oxygen atoms in total. The SMILES string of the molecule is CC(=O)NCCNC(=O)c1csc(-c2ccc(Cl)cc2)n1. The van der Waals surface area contributed by atoms with Gasteiger partial charge in [-0.05, 0) is 12.1 Å². The third kappa shape index (κ3) is 4.54. The molecule has 0 bridgehead atoms. The average Bonchev–Trinajstić information content (AvgIpc) is 2.94. The van der Waals surface area contributed by atoms with Crippen LogP contribution in [0.25, 0.3) is 10.6 Å². The molecule has 0 unspecified atom stereocenters. The summed E-state index contributed by atoms with van der Waals surface area (Å²) in [4.78, 5) is 26.9. The summed E-state index contributed by atoms with van der Waals surface area (Å²) in [5.41, 5.74) is 1.29. The lowest BCUT2D eigenvalue weighted by atomic mass is 10.2. The number of halogens is 1. The normalized spacial score (nSPS) is 10.2. The van der Waals surface area contributed by atoms with Gasteiger partial charge in [-0.2, -0.15) is 0 Å². The van der Waals surface area contributed by atoms with Crippen LogP contribution in [0.4, 0.5) is 0 Å². The second-order valence-corrected chi connectivity index (χ2v) is 5.58. The number of thiazole rings is 1. The van der Waals surface area contributed by atoms with Crippen molar-refractivity contribution in [1.29, 1.82) is 0 Å². The largest absolute Gasteiger partial charge is 0.355 e. The van der Waals surface area contributed by atoms with Gasteiger partial charge in [-0.25, -0.2) is 4.98 Å². The highest BCUT2D eigenvalue weighted by molar-refractivity contribution is 7.13. The number of rotatable bonds is 5. The van der Waals surface area contributed by atoms with Crippen molar-refractivity contribution in [3.05, 3.63) is 40.4 Å². The van der Waals surface area contributed by atoms with Gasteiger partial charge in [0.15, 0.2) is 0 Å². The van der Waals surface area contributed by atoms with E-state index in [1.165, 1.54) is 18.3 Å². The van der Waals surface area contributed by atoms with Gasteiger partial charge < -0.3 is 10.6 Å². The van der Waals surface area contributed by atoms with Crippen LogP contribution in [-0.2, 0) is 4.79 Å². The standard InChI is InChI=1S/C14H14ClN3O2S/c1-9(19)16-6-7-17-13(20)12-8-21-14(18-12)10-2-4-11(15)5-3-10/h2-5,8H,6-7H2,1H3,(H,16,19)(H,17,20). The fourth-order valence-electron chi connectivity index (χ4n) is 1.61. The van der Waals surface area contributed by atoms with Crippen LogP contribution in [-0.4, -0.2) is 29.9 Å². The molecule has 0 atom stereocenters. The first kappa shape index (κ1) is 15.5. The minimum absolute atomic E-state index is 0.122. The van der Waals surface area contributed by atoms with Gasteiger partial charge >= 0.3 is 0 Å². The third-order valence-corrected chi connectivity index (χ3v) is 3.76. The molecule has 1 aromatic heterocycles. The molecule has 0 radical (unpaired) electrons. The van der Waals surface area contributed by atoms with Crippen LogP contribution >= 0.6 is 22.9 Å². The maximum atomic E-state index is 11.9. The number of hydrogen-bond acceptors (Lipinski definition) is 4. The zero-order valence-corrected chi connectivity index (χ0v) is 12.9. The molecule has 110 valence electrons. The first-order valence-electron chi connectivity index (χ1n) is 6.30. The first-order valence-corrected chi connectivity index (χ1v) is 7.56. The van der Waals surface area contributed by atoms with Crippen molar-refractivity contribution in [3.63, 3.8) is 0 Å². The van der Waals surface area contributed by atoms with E-state index >= 15 is 0 Å². The first-order chi connectivity index (χ1) is 10.1. The van der Waals surface area contributed by atoms with Gasteiger partial charge in [0, 0.05) is 36.0 Å². The number of carbonyl (C=O) groups is 2. The van der Waals surface area contributed by atoms with Crippen LogP contribution in [0.15, 0.2) is 29.6 Å². The highest BCUT2D eigenvalue weighted by atomic mass is 35.5. The van der Waals surface area contributed by atoms with E-state index in [4.69, 9.17) is 11.6 Å². The van der Waals surface area contributed by atoms with Gasteiger partial charge in [0.2, 0.25) is 5.91 Å². The summed E-state index contributed by atoms with van der Waals surface area (Å²) in [5, 5.41) is 8.43. The summed E-state index contributed by atoms with van der Waals surface area (Å²) in [6.07, 6.45) is 0. The zero-order valence-electron chi connectivity index (χ0n) is 11.4. The van der Waals surface area contributed by atoms with Crippen molar-refractivity contribution in [2.45, 2.75) is 6.92 Å². The number of aromatic nitrogens is 1. The molecule has 0 saturated carbocycles. The maximum absolute atomic E-state index is 11.9. The van der Waals surface area contributed by atoms with Crippen molar-refractivity contribution in [2.75, 3.05) is 13.1 Å². The van der Waals surface area contributed by atoms with E-state index in [1.54, 1.807) is 17.5 Å². The highest BCUT2D eigenvalue weighted by Crippen LogP contribution is 2.24. The molecule has 0 aliphatic rings. The van der Waals surface area contributed by atoms with E-state index in [1.807, 2.05) is 12.1 Å². The van der Waals surface area contributed by atoms with Crippen molar-refractivity contribution in [3.8, 4) is 10.6 Å². The number of benzene rings is 1. The van der Waals surface area contributed by atoms with Crippen molar-refractivity contribution < 1.29 is 9.59 Å². The Balaban J connectivity index is 1.94. The number of carbonyl (C=O) groups excluding carboxylic acids is 2. The molecule has 7 heteroatoms. The molecule has 0 aliphatic heterocycles. The second-order valence-electron chi connectivity index (χ2n) is 4.28. The summed E-state index contributed by atoms with van der Waals surface area (Å²) in [5.74, 6) is -0.375. The fraction of sp³-hybridized carbons (Fsp3) is 0.214. The molecule has 2 rings (SSSR count). The molecule has 0 aliphatic carbocycles. The Morgan fingerprint density at radius 2 is 1.86 bits per heavy atom. The molecule has 0 fully saturated rings. The summed E-state index contributed by atoms with van der Waals surface area (Å²) in [6, 6.07) is 7.29. The smallest absolute Gasteiger partial charge is 0.270 e. The van der Waals surface area contributed by atoms with Gasteiger partial charge in [-0.3, -0.25) is 9.59 Å². The quantitative estimate of drug-likeness (QED) is 0.830. The Morgan fingerprint density at radius 1 is 1.19 bits per heavy atom. The van der Waals surface area contributed by atoms with Gasteiger partial charge in [-0.1, -0.05) is 23.7 Å². The van der Waals surface area contributed by atoms with Crippen LogP contribution in [0, 0.1) is 0 Å². The third-order valence-electron chi connectivity index (χ3n) is 2.61. The molecule has 1 aromatic carbocycles. The lowest BCUT2D eigenvalue weighted by Crippen LogP contribution is -2.33. The van der Waals surface area contributed by atoms with E-state index in [-0.39, 0.29) is 11.8 Å². The lowest BCUT2D eigenvalue weighted by molar-refractivity contribution is -0.118. The Kier molecular flexibility index (Phi) is 5.30. The molecular weight excluding hydrogens is 310 g/mol. The Bertz CT molecular complexity index is 640. The van der Waals surface area contributed by atoms with E-state index in [2.05, 4.69) is 15.6 Å². The molecule has 2 N–H and O–H groups in total. The molecular formula is C14H14ClN3O2S. The number of amides is 2. The van der Waals surface area contributed by atoms with Gasteiger partial charge in [0.25, 0.3) is 5.91 Å². The summed E-state index contributed by atoms with van der Waals surface area (Å²) in [7, 11) is 0. The number of nitrogens with one attached hydrogen (secondary N) is 2. The topological polar surface area (TPSA) is 71.1 Å². The van der Waals surface area contributed by atoms with Crippen LogP contribution < -0.4 is 10.6 Å². The number of nitrogens with zero attached hydrogens (tertiary/aromatic N) is 1. The monoisotopic (exact) mass is 323 g/mol. The zero-order chi connectivity index (χ0) is 15.2. The Morgan fingerprint density at radius 3 is 2.52 bits per heavy atom. The molecule has 2 aromatic rings.